The number of nitrogens with zero attached hydrogens (tertiary/aromatic N) is 2. The molecule has 0 saturated heterocycles. The lowest BCUT2D eigenvalue weighted by Crippen LogP contribution is -2.18. The Kier molecular flexibility index (Phi) is 4.87. The van der Waals surface area contributed by atoms with Gasteiger partial charge in [0.25, 0.3) is 5.91 Å². The number of carbonyl (C=O) groups excluding carboxylic acids is 1. The van der Waals surface area contributed by atoms with E-state index in [-0.39, 0.29) is 5.91 Å². The van der Waals surface area contributed by atoms with Gasteiger partial charge < -0.3 is 10.6 Å². The molecule has 0 aliphatic rings. The van der Waals surface area contributed by atoms with Gasteiger partial charge in [-0.3, -0.25) is 4.79 Å². The maximum absolute atomic E-state index is 12.2. The smallest absolute Gasteiger partial charge is 0.274 e. The first-order valence-corrected chi connectivity index (χ1v) is 7.07. The number of hydrogen-bond acceptors (Lipinski definition) is 4. The number of benzene rings is 1. The summed E-state index contributed by atoms with van der Waals surface area (Å²) in [4.78, 5) is 20.8. The van der Waals surface area contributed by atoms with E-state index in [1.165, 1.54) is 0 Å². The normalized spacial score (nSPS) is 11.8. The first-order valence-electron chi connectivity index (χ1n) is 7.07. The molecule has 2 aromatic rings. The number of nitrogens with one attached hydrogen (secondary N) is 2. The summed E-state index contributed by atoms with van der Waals surface area (Å²) in [6, 6.07) is 11.3. The van der Waals surface area contributed by atoms with Crippen molar-refractivity contribution in [1.29, 1.82) is 0 Å². The summed E-state index contributed by atoms with van der Waals surface area (Å²) in [7, 11) is 0. The fraction of sp³-hybridized carbons (Fsp3) is 0.312. The van der Waals surface area contributed by atoms with Crippen molar-refractivity contribution in [3.8, 4) is 0 Å². The number of rotatable bonds is 5. The lowest BCUT2D eigenvalue weighted by Gasteiger charge is -2.13. The Labute approximate surface area is 124 Å². The third-order valence-corrected chi connectivity index (χ3v) is 3.11. The van der Waals surface area contributed by atoms with Gasteiger partial charge in [-0.1, -0.05) is 25.1 Å². The van der Waals surface area contributed by atoms with E-state index >= 15 is 0 Å². The van der Waals surface area contributed by atoms with Gasteiger partial charge in [-0.25, -0.2) is 9.97 Å². The first kappa shape index (κ1) is 15.0. The van der Waals surface area contributed by atoms with Crippen LogP contribution in [0.15, 0.2) is 36.4 Å². The molecule has 5 heteroatoms. The standard InChI is InChI=1S/C16H20N4O/c1-4-11(2)17-15-10-14(18-12(3)19-15)16(21)20-13-8-6-5-7-9-13/h5-11H,4H2,1-3H3,(H,20,21)(H,17,18,19). The van der Waals surface area contributed by atoms with Crippen LogP contribution in [-0.2, 0) is 0 Å². The maximum Gasteiger partial charge on any atom is 0.274 e. The summed E-state index contributed by atoms with van der Waals surface area (Å²) in [6.07, 6.45) is 0.981. The monoisotopic (exact) mass is 284 g/mol. The van der Waals surface area contributed by atoms with E-state index in [1.807, 2.05) is 30.3 Å². The highest BCUT2D eigenvalue weighted by Gasteiger charge is 2.11. The summed E-state index contributed by atoms with van der Waals surface area (Å²) in [5.41, 5.74) is 1.10. The van der Waals surface area contributed by atoms with E-state index in [2.05, 4.69) is 34.4 Å². The molecule has 110 valence electrons. The third kappa shape index (κ3) is 4.27. The molecule has 1 unspecified atom stereocenters. The van der Waals surface area contributed by atoms with Crippen molar-refractivity contribution in [3.05, 3.63) is 47.9 Å². The summed E-state index contributed by atoms with van der Waals surface area (Å²) in [6.45, 7) is 5.94. The molecular formula is C16H20N4O. The lowest BCUT2D eigenvalue weighted by molar-refractivity contribution is 0.102. The molecule has 2 rings (SSSR count). The van der Waals surface area contributed by atoms with Gasteiger partial charge in [0, 0.05) is 17.8 Å². The topological polar surface area (TPSA) is 66.9 Å². The fourth-order valence-corrected chi connectivity index (χ4v) is 1.83. The molecule has 5 nitrogen and oxygen atoms in total. The molecule has 0 aliphatic carbocycles. The van der Waals surface area contributed by atoms with Crippen molar-refractivity contribution in [2.75, 3.05) is 10.6 Å². The van der Waals surface area contributed by atoms with Crippen LogP contribution in [0.1, 0.15) is 36.6 Å². The van der Waals surface area contributed by atoms with Gasteiger partial charge in [0.15, 0.2) is 0 Å². The van der Waals surface area contributed by atoms with E-state index in [1.54, 1.807) is 13.0 Å². The predicted octanol–water partition coefficient (Wildman–Crippen LogP) is 3.25. The number of amides is 1. The molecule has 1 atom stereocenters. The Morgan fingerprint density at radius 1 is 1.24 bits per heavy atom. The van der Waals surface area contributed by atoms with Crippen LogP contribution >= 0.6 is 0 Å². The molecule has 1 aromatic heterocycles. The second kappa shape index (κ2) is 6.83. The molecule has 21 heavy (non-hydrogen) atoms. The van der Waals surface area contributed by atoms with Gasteiger partial charge in [0.1, 0.15) is 17.3 Å². The number of hydrogen-bond donors (Lipinski definition) is 2. The van der Waals surface area contributed by atoms with E-state index in [9.17, 15) is 4.79 Å². The minimum absolute atomic E-state index is 0.237. The molecule has 0 fully saturated rings. The van der Waals surface area contributed by atoms with Gasteiger partial charge in [-0.2, -0.15) is 0 Å². The van der Waals surface area contributed by atoms with Crippen LogP contribution in [0.4, 0.5) is 11.5 Å². The summed E-state index contributed by atoms with van der Waals surface area (Å²) < 4.78 is 0. The van der Waals surface area contributed by atoms with E-state index in [4.69, 9.17) is 0 Å². The van der Waals surface area contributed by atoms with Gasteiger partial charge in [-0.15, -0.1) is 0 Å². The Balaban J connectivity index is 2.17. The summed E-state index contributed by atoms with van der Waals surface area (Å²) >= 11 is 0. The second-order valence-electron chi connectivity index (χ2n) is 4.96. The van der Waals surface area contributed by atoms with Crippen LogP contribution in [-0.4, -0.2) is 21.9 Å². The molecule has 1 heterocycles. The van der Waals surface area contributed by atoms with Gasteiger partial charge in [0.05, 0.1) is 0 Å². The maximum atomic E-state index is 12.2. The van der Waals surface area contributed by atoms with Crippen molar-refractivity contribution < 1.29 is 4.79 Å². The highest BCUT2D eigenvalue weighted by atomic mass is 16.1. The van der Waals surface area contributed by atoms with Gasteiger partial charge in [-0.05, 0) is 32.4 Å². The van der Waals surface area contributed by atoms with Gasteiger partial charge in [0.2, 0.25) is 0 Å². The zero-order chi connectivity index (χ0) is 15.2. The van der Waals surface area contributed by atoms with Crippen molar-refractivity contribution in [1.82, 2.24) is 9.97 Å². The minimum Gasteiger partial charge on any atom is -0.368 e. The predicted molar refractivity (Wildman–Crippen MR) is 84.5 cm³/mol. The largest absolute Gasteiger partial charge is 0.368 e. The average Bonchev–Trinajstić information content (AvgIpc) is 2.47. The van der Waals surface area contributed by atoms with Crippen molar-refractivity contribution in [3.63, 3.8) is 0 Å². The first-order chi connectivity index (χ1) is 10.1. The summed E-state index contributed by atoms with van der Waals surface area (Å²) in [5, 5.41) is 6.08. The Hall–Kier alpha value is -2.43. The molecule has 0 saturated carbocycles. The van der Waals surface area contributed by atoms with E-state index < -0.39 is 0 Å². The Morgan fingerprint density at radius 3 is 2.62 bits per heavy atom. The van der Waals surface area contributed by atoms with Crippen LogP contribution in [0, 0.1) is 6.92 Å². The molecule has 0 radical (unpaired) electrons. The number of anilines is 2. The highest BCUT2D eigenvalue weighted by molar-refractivity contribution is 6.03. The van der Waals surface area contributed by atoms with Crippen LogP contribution in [0.25, 0.3) is 0 Å². The SMILES string of the molecule is CCC(C)Nc1cc(C(=O)Nc2ccccc2)nc(C)n1. The Morgan fingerprint density at radius 2 is 1.95 bits per heavy atom. The number of carbonyl (C=O) groups is 1. The van der Waals surface area contributed by atoms with Gasteiger partial charge >= 0.3 is 0 Å². The molecule has 1 amide bonds. The molecule has 0 bridgehead atoms. The van der Waals surface area contributed by atoms with Crippen molar-refractivity contribution in [2.45, 2.75) is 33.2 Å². The zero-order valence-electron chi connectivity index (χ0n) is 12.6. The van der Waals surface area contributed by atoms with Crippen LogP contribution < -0.4 is 10.6 Å². The lowest BCUT2D eigenvalue weighted by atomic mass is 10.2. The summed E-state index contributed by atoms with van der Waals surface area (Å²) in [5.74, 6) is 1.01. The van der Waals surface area contributed by atoms with Crippen LogP contribution in [0.3, 0.4) is 0 Å². The number of aryl methyl sites for hydroxylation is 1. The van der Waals surface area contributed by atoms with Crippen molar-refractivity contribution in [2.24, 2.45) is 0 Å². The van der Waals surface area contributed by atoms with Crippen LogP contribution in [0.5, 0.6) is 0 Å². The molecule has 1 aromatic carbocycles. The number of aromatic nitrogens is 2. The zero-order valence-corrected chi connectivity index (χ0v) is 12.6. The molecule has 0 aliphatic heterocycles. The van der Waals surface area contributed by atoms with E-state index in [0.717, 1.165) is 12.1 Å². The number of para-hydroxylation sites is 1. The molecule has 2 N–H and O–H groups in total. The highest BCUT2D eigenvalue weighted by Crippen LogP contribution is 2.12. The molecular weight excluding hydrogens is 264 g/mol. The van der Waals surface area contributed by atoms with Crippen LogP contribution in [0.2, 0.25) is 0 Å². The van der Waals surface area contributed by atoms with Crippen molar-refractivity contribution >= 4 is 17.4 Å². The molecule has 0 spiro atoms. The fourth-order valence-electron chi connectivity index (χ4n) is 1.83. The minimum atomic E-state index is -0.237. The third-order valence-electron chi connectivity index (χ3n) is 3.11. The quantitative estimate of drug-likeness (QED) is 0.884. The van der Waals surface area contributed by atoms with E-state index in [0.29, 0.717) is 23.4 Å². The second-order valence-corrected chi connectivity index (χ2v) is 4.96. The average molecular weight is 284 g/mol. The Bertz CT molecular complexity index is 613.